The maximum Gasteiger partial charge on any atom is 0.224 e. The van der Waals surface area contributed by atoms with E-state index in [2.05, 4.69) is 24.3 Å². The third-order valence-corrected chi connectivity index (χ3v) is 6.15. The zero-order valence-corrected chi connectivity index (χ0v) is 18.2. The Morgan fingerprint density at radius 3 is 2.10 bits per heavy atom. The first-order valence-corrected chi connectivity index (χ1v) is 10.8. The Morgan fingerprint density at radius 1 is 0.903 bits per heavy atom. The molecule has 31 heavy (non-hydrogen) atoms. The Hall–Kier alpha value is -3.27. The number of benzene rings is 3. The van der Waals surface area contributed by atoms with Gasteiger partial charge in [0.2, 0.25) is 5.91 Å². The molecule has 0 radical (unpaired) electrons. The number of nitrogens with zero attached hydrogens (tertiary/aromatic N) is 1. The number of likely N-dealkylation sites (tertiary alicyclic amines) is 1. The van der Waals surface area contributed by atoms with Gasteiger partial charge in [0.05, 0.1) is 20.3 Å². The van der Waals surface area contributed by atoms with E-state index in [0.717, 1.165) is 24.9 Å². The maximum absolute atomic E-state index is 13.5. The predicted molar refractivity (Wildman–Crippen MR) is 123 cm³/mol. The van der Waals surface area contributed by atoms with E-state index in [1.165, 1.54) is 11.1 Å². The molecule has 0 saturated carbocycles. The number of hydrogen-bond acceptors (Lipinski definition) is 3. The van der Waals surface area contributed by atoms with Crippen molar-refractivity contribution in [3.63, 3.8) is 0 Å². The van der Waals surface area contributed by atoms with Crippen LogP contribution in [0, 0.1) is 0 Å². The van der Waals surface area contributed by atoms with Crippen molar-refractivity contribution in [2.75, 3.05) is 20.8 Å². The molecule has 1 aliphatic heterocycles. The zero-order chi connectivity index (χ0) is 21.6. The Kier molecular flexibility index (Phi) is 6.56. The topological polar surface area (TPSA) is 38.8 Å². The van der Waals surface area contributed by atoms with E-state index in [9.17, 15) is 4.79 Å². The van der Waals surface area contributed by atoms with Crippen molar-refractivity contribution >= 4 is 5.91 Å². The number of ether oxygens (including phenoxy) is 2. The maximum atomic E-state index is 13.5. The van der Waals surface area contributed by atoms with E-state index in [1.807, 2.05) is 59.5 Å². The molecule has 0 spiro atoms. The normalized spacial score (nSPS) is 15.8. The summed E-state index contributed by atoms with van der Waals surface area (Å²) in [6.45, 7) is 0.786. The Bertz CT molecular complexity index is 964. The summed E-state index contributed by atoms with van der Waals surface area (Å²) in [4.78, 5) is 15.6. The van der Waals surface area contributed by atoms with Gasteiger partial charge < -0.3 is 14.4 Å². The SMILES string of the molecule is COc1ccc([C@H]2CCCN2C(=O)CC(c2ccccc2)c2ccccc2)cc1OC. The van der Waals surface area contributed by atoms with Gasteiger partial charge in [0.1, 0.15) is 0 Å². The Labute approximate surface area is 184 Å². The molecular formula is C27H29NO3. The van der Waals surface area contributed by atoms with E-state index >= 15 is 0 Å². The fourth-order valence-electron chi connectivity index (χ4n) is 4.56. The first-order chi connectivity index (χ1) is 15.2. The molecule has 0 unspecified atom stereocenters. The summed E-state index contributed by atoms with van der Waals surface area (Å²) in [5.41, 5.74) is 3.44. The number of amides is 1. The first kappa shape index (κ1) is 21.0. The lowest BCUT2D eigenvalue weighted by atomic mass is 9.88. The molecule has 1 saturated heterocycles. The summed E-state index contributed by atoms with van der Waals surface area (Å²) < 4.78 is 10.9. The van der Waals surface area contributed by atoms with Crippen LogP contribution in [0.3, 0.4) is 0 Å². The first-order valence-electron chi connectivity index (χ1n) is 10.8. The highest BCUT2D eigenvalue weighted by atomic mass is 16.5. The summed E-state index contributed by atoms with van der Waals surface area (Å²) in [5, 5.41) is 0. The standard InChI is InChI=1S/C27H29NO3/c1-30-25-16-15-22(18-26(25)31-2)24-14-9-17-28(24)27(29)19-23(20-10-5-3-6-11-20)21-12-7-4-8-13-21/h3-8,10-13,15-16,18,23-24H,9,14,17,19H2,1-2H3/t24-/m1/s1. The van der Waals surface area contributed by atoms with Crippen molar-refractivity contribution in [3.8, 4) is 11.5 Å². The molecule has 4 rings (SSSR count). The third-order valence-electron chi connectivity index (χ3n) is 6.15. The molecule has 3 aromatic carbocycles. The van der Waals surface area contributed by atoms with Crippen LogP contribution in [0.4, 0.5) is 0 Å². The third kappa shape index (κ3) is 4.58. The average molecular weight is 416 g/mol. The number of hydrogen-bond donors (Lipinski definition) is 0. The van der Waals surface area contributed by atoms with E-state index in [4.69, 9.17) is 9.47 Å². The smallest absolute Gasteiger partial charge is 0.224 e. The highest BCUT2D eigenvalue weighted by Crippen LogP contribution is 2.38. The zero-order valence-electron chi connectivity index (χ0n) is 18.2. The number of methoxy groups -OCH3 is 2. The van der Waals surface area contributed by atoms with E-state index < -0.39 is 0 Å². The van der Waals surface area contributed by atoms with Gasteiger partial charge in [-0.15, -0.1) is 0 Å². The van der Waals surface area contributed by atoms with Gasteiger partial charge in [0.15, 0.2) is 11.5 Å². The fraction of sp³-hybridized carbons (Fsp3) is 0.296. The lowest BCUT2D eigenvalue weighted by Gasteiger charge is -2.28. The summed E-state index contributed by atoms with van der Waals surface area (Å²) >= 11 is 0. The lowest BCUT2D eigenvalue weighted by molar-refractivity contribution is -0.132. The van der Waals surface area contributed by atoms with Gasteiger partial charge >= 0.3 is 0 Å². The van der Waals surface area contributed by atoms with Crippen LogP contribution in [0.15, 0.2) is 78.9 Å². The summed E-state index contributed by atoms with van der Waals surface area (Å²) in [6.07, 6.45) is 2.42. The van der Waals surface area contributed by atoms with Crippen LogP contribution in [-0.4, -0.2) is 31.6 Å². The minimum absolute atomic E-state index is 0.0431. The minimum atomic E-state index is 0.0431. The van der Waals surface area contributed by atoms with Gasteiger partial charge in [-0.05, 0) is 41.7 Å². The van der Waals surface area contributed by atoms with E-state index in [1.54, 1.807) is 14.2 Å². The molecule has 1 heterocycles. The molecule has 160 valence electrons. The summed E-state index contributed by atoms with van der Waals surface area (Å²) in [6, 6.07) is 26.7. The summed E-state index contributed by atoms with van der Waals surface area (Å²) in [7, 11) is 3.28. The van der Waals surface area contributed by atoms with Gasteiger partial charge in [-0.1, -0.05) is 66.7 Å². The predicted octanol–water partition coefficient (Wildman–Crippen LogP) is 5.59. The largest absolute Gasteiger partial charge is 0.493 e. The van der Waals surface area contributed by atoms with Crippen molar-refractivity contribution in [1.82, 2.24) is 4.90 Å². The van der Waals surface area contributed by atoms with Crippen LogP contribution in [-0.2, 0) is 4.79 Å². The van der Waals surface area contributed by atoms with Gasteiger partial charge in [0.25, 0.3) is 0 Å². The molecule has 0 aliphatic carbocycles. The second kappa shape index (κ2) is 9.69. The quantitative estimate of drug-likeness (QED) is 0.505. The van der Waals surface area contributed by atoms with Gasteiger partial charge in [-0.3, -0.25) is 4.79 Å². The van der Waals surface area contributed by atoms with Crippen LogP contribution in [0.2, 0.25) is 0 Å². The van der Waals surface area contributed by atoms with Gasteiger partial charge in [-0.25, -0.2) is 0 Å². The molecule has 1 atom stereocenters. The molecule has 1 aliphatic rings. The van der Waals surface area contributed by atoms with Gasteiger partial charge in [-0.2, -0.15) is 0 Å². The van der Waals surface area contributed by atoms with Crippen LogP contribution in [0.5, 0.6) is 11.5 Å². The van der Waals surface area contributed by atoms with Crippen molar-refractivity contribution in [2.45, 2.75) is 31.2 Å². The molecule has 0 aromatic heterocycles. The molecule has 0 N–H and O–H groups in total. The molecule has 1 fully saturated rings. The number of carbonyl (C=O) groups is 1. The van der Waals surface area contributed by atoms with Crippen LogP contribution < -0.4 is 9.47 Å². The van der Waals surface area contributed by atoms with Crippen molar-refractivity contribution in [2.24, 2.45) is 0 Å². The van der Waals surface area contributed by atoms with Crippen molar-refractivity contribution < 1.29 is 14.3 Å². The van der Waals surface area contributed by atoms with Crippen LogP contribution >= 0.6 is 0 Å². The van der Waals surface area contributed by atoms with Crippen molar-refractivity contribution in [1.29, 1.82) is 0 Å². The fourth-order valence-corrected chi connectivity index (χ4v) is 4.56. The average Bonchev–Trinajstić information content (AvgIpc) is 3.33. The van der Waals surface area contributed by atoms with Gasteiger partial charge in [0, 0.05) is 18.9 Å². The molecule has 3 aromatic rings. The lowest BCUT2D eigenvalue weighted by Crippen LogP contribution is -2.31. The number of carbonyl (C=O) groups excluding carboxylic acids is 1. The van der Waals surface area contributed by atoms with Crippen LogP contribution in [0.25, 0.3) is 0 Å². The van der Waals surface area contributed by atoms with E-state index in [0.29, 0.717) is 17.9 Å². The number of rotatable bonds is 7. The summed E-state index contributed by atoms with van der Waals surface area (Å²) in [5.74, 6) is 1.64. The molecule has 4 nitrogen and oxygen atoms in total. The second-order valence-corrected chi connectivity index (χ2v) is 7.94. The Balaban J connectivity index is 1.59. The molecular weight excluding hydrogens is 386 g/mol. The Morgan fingerprint density at radius 2 is 1.52 bits per heavy atom. The second-order valence-electron chi connectivity index (χ2n) is 7.94. The molecule has 1 amide bonds. The minimum Gasteiger partial charge on any atom is -0.493 e. The van der Waals surface area contributed by atoms with Crippen LogP contribution in [0.1, 0.15) is 47.9 Å². The monoisotopic (exact) mass is 415 g/mol. The van der Waals surface area contributed by atoms with E-state index in [-0.39, 0.29) is 17.9 Å². The molecule has 0 bridgehead atoms. The highest BCUT2D eigenvalue weighted by molar-refractivity contribution is 5.78. The van der Waals surface area contributed by atoms with Crippen molar-refractivity contribution in [3.05, 3.63) is 95.6 Å². The highest BCUT2D eigenvalue weighted by Gasteiger charge is 2.32. The molecule has 4 heteroatoms.